The molecule has 1 aromatic heterocycles. The zero-order valence-corrected chi connectivity index (χ0v) is 12.3. The van der Waals surface area contributed by atoms with Gasteiger partial charge in [0.15, 0.2) is 5.82 Å². The summed E-state index contributed by atoms with van der Waals surface area (Å²) >= 11 is 1.49. The van der Waals surface area contributed by atoms with E-state index in [1.54, 1.807) is 0 Å². The average Bonchev–Trinajstić information content (AvgIpc) is 2.97. The van der Waals surface area contributed by atoms with Crippen LogP contribution in [-0.2, 0) is 0 Å². The lowest BCUT2D eigenvalue weighted by molar-refractivity contribution is 0.0927. The highest BCUT2D eigenvalue weighted by atomic mass is 32.1. The van der Waals surface area contributed by atoms with E-state index in [0.717, 1.165) is 23.4 Å². The summed E-state index contributed by atoms with van der Waals surface area (Å²) in [6, 6.07) is 5.59. The number of rotatable bonds is 5. The number of halogens is 2. The highest BCUT2D eigenvalue weighted by Crippen LogP contribution is 2.25. The normalized spacial score (nSPS) is 12.1. The van der Waals surface area contributed by atoms with E-state index in [4.69, 9.17) is 5.73 Å². The van der Waals surface area contributed by atoms with Gasteiger partial charge in [0.05, 0.1) is 11.7 Å². The molecule has 0 fully saturated rings. The third kappa shape index (κ3) is 3.39. The van der Waals surface area contributed by atoms with Gasteiger partial charge in [-0.15, -0.1) is 11.3 Å². The van der Waals surface area contributed by atoms with E-state index in [0.29, 0.717) is 6.42 Å². The van der Waals surface area contributed by atoms with Crippen molar-refractivity contribution in [2.45, 2.75) is 25.8 Å². The molecule has 0 saturated heterocycles. The number of anilines is 1. The molecule has 1 amide bonds. The van der Waals surface area contributed by atoms with Crippen LogP contribution in [0.3, 0.4) is 0 Å². The maximum atomic E-state index is 13.9. The first-order valence-corrected chi connectivity index (χ1v) is 7.50. The Morgan fingerprint density at radius 1 is 1.38 bits per heavy atom. The molecule has 0 aliphatic rings. The molecule has 1 unspecified atom stereocenters. The molecule has 0 radical (unpaired) electrons. The number of benzene rings is 1. The van der Waals surface area contributed by atoms with Gasteiger partial charge in [0.1, 0.15) is 11.4 Å². The van der Waals surface area contributed by atoms with Gasteiger partial charge in [-0.05, 0) is 30.0 Å². The van der Waals surface area contributed by atoms with E-state index in [-0.39, 0.29) is 11.7 Å². The smallest absolute Gasteiger partial charge is 0.257 e. The van der Waals surface area contributed by atoms with Gasteiger partial charge in [0.2, 0.25) is 0 Å². The molecule has 0 aliphatic carbocycles. The van der Waals surface area contributed by atoms with E-state index < -0.39 is 23.1 Å². The van der Waals surface area contributed by atoms with Gasteiger partial charge >= 0.3 is 0 Å². The Labute approximate surface area is 125 Å². The largest absolute Gasteiger partial charge is 0.396 e. The van der Waals surface area contributed by atoms with Crippen LogP contribution >= 0.6 is 11.3 Å². The minimum atomic E-state index is -1.02. The maximum absolute atomic E-state index is 13.9. The van der Waals surface area contributed by atoms with Crippen LogP contribution < -0.4 is 11.1 Å². The van der Waals surface area contributed by atoms with Crippen LogP contribution in [0.4, 0.5) is 14.5 Å². The number of carbonyl (C=O) groups excluding carboxylic acids is 1. The number of hydrogen-bond donors (Lipinski definition) is 2. The molecular weight excluding hydrogens is 294 g/mol. The van der Waals surface area contributed by atoms with Gasteiger partial charge in [-0.25, -0.2) is 8.78 Å². The van der Waals surface area contributed by atoms with Gasteiger partial charge in [-0.3, -0.25) is 4.79 Å². The predicted octanol–water partition coefficient (Wildman–Crippen LogP) is 3.88. The highest BCUT2D eigenvalue weighted by molar-refractivity contribution is 7.10. The number of nitrogens with two attached hydrogens (primary N) is 1. The second-order valence-electron chi connectivity index (χ2n) is 4.66. The van der Waals surface area contributed by atoms with E-state index in [1.165, 1.54) is 11.3 Å². The minimum absolute atomic E-state index is 0.246. The Kier molecular flexibility index (Phi) is 4.90. The van der Waals surface area contributed by atoms with Crippen molar-refractivity contribution in [3.8, 4) is 0 Å². The van der Waals surface area contributed by atoms with Crippen LogP contribution in [0.25, 0.3) is 0 Å². The number of nitrogens with one attached hydrogen (secondary N) is 1. The molecule has 2 rings (SSSR count). The first-order valence-electron chi connectivity index (χ1n) is 6.62. The van der Waals surface area contributed by atoms with Crippen LogP contribution in [0.5, 0.6) is 0 Å². The van der Waals surface area contributed by atoms with Gasteiger partial charge in [0, 0.05) is 4.88 Å². The molecule has 1 aromatic carbocycles. The van der Waals surface area contributed by atoms with Crippen molar-refractivity contribution in [3.63, 3.8) is 0 Å². The van der Waals surface area contributed by atoms with Crippen molar-refractivity contribution in [1.82, 2.24) is 5.32 Å². The summed E-state index contributed by atoms with van der Waals surface area (Å²) in [4.78, 5) is 13.1. The number of hydrogen-bond acceptors (Lipinski definition) is 3. The summed E-state index contributed by atoms with van der Waals surface area (Å²) in [6.07, 6.45) is 1.53. The molecular formula is C15H16F2N2OS. The molecule has 3 nitrogen and oxygen atoms in total. The summed E-state index contributed by atoms with van der Waals surface area (Å²) in [5, 5.41) is 4.58. The second-order valence-corrected chi connectivity index (χ2v) is 5.64. The van der Waals surface area contributed by atoms with Crippen molar-refractivity contribution >= 4 is 22.9 Å². The van der Waals surface area contributed by atoms with Crippen LogP contribution in [-0.4, -0.2) is 5.91 Å². The average molecular weight is 310 g/mol. The molecule has 0 bridgehead atoms. The lowest BCUT2D eigenvalue weighted by atomic mass is 10.1. The summed E-state index contributed by atoms with van der Waals surface area (Å²) in [7, 11) is 0. The van der Waals surface area contributed by atoms with E-state index in [9.17, 15) is 13.6 Å². The Morgan fingerprint density at radius 2 is 2.14 bits per heavy atom. The van der Waals surface area contributed by atoms with Crippen molar-refractivity contribution in [3.05, 3.63) is 51.7 Å². The monoisotopic (exact) mass is 310 g/mol. The first-order chi connectivity index (χ1) is 10.0. The fourth-order valence-corrected chi connectivity index (χ4v) is 2.88. The van der Waals surface area contributed by atoms with Gasteiger partial charge in [0.25, 0.3) is 5.91 Å². The van der Waals surface area contributed by atoms with Crippen molar-refractivity contribution in [2.75, 3.05) is 5.73 Å². The standard InChI is InChI=1S/C15H16F2N2OS/c1-2-4-11(12-5-3-8-21-12)19-15(20)13-9(16)6-7-10(18)14(13)17/h3,5-8,11H,2,4,18H2,1H3,(H,19,20). The Balaban J connectivity index is 2.26. The van der Waals surface area contributed by atoms with Crippen LogP contribution in [0.2, 0.25) is 0 Å². The van der Waals surface area contributed by atoms with Gasteiger partial charge < -0.3 is 11.1 Å². The highest BCUT2D eigenvalue weighted by Gasteiger charge is 2.23. The van der Waals surface area contributed by atoms with Crippen LogP contribution in [0, 0.1) is 11.6 Å². The molecule has 1 atom stereocenters. The van der Waals surface area contributed by atoms with Gasteiger partial charge in [-0.2, -0.15) is 0 Å². The van der Waals surface area contributed by atoms with Crippen LogP contribution in [0.1, 0.15) is 41.0 Å². The molecule has 0 aliphatic heterocycles. The third-order valence-electron chi connectivity index (χ3n) is 3.12. The minimum Gasteiger partial charge on any atom is -0.396 e. The predicted molar refractivity (Wildman–Crippen MR) is 80.2 cm³/mol. The molecule has 2 aromatic rings. The zero-order valence-electron chi connectivity index (χ0n) is 11.5. The Morgan fingerprint density at radius 3 is 2.76 bits per heavy atom. The molecule has 6 heteroatoms. The second kappa shape index (κ2) is 6.67. The van der Waals surface area contributed by atoms with E-state index in [2.05, 4.69) is 5.32 Å². The molecule has 21 heavy (non-hydrogen) atoms. The molecule has 0 spiro atoms. The number of carbonyl (C=O) groups is 1. The summed E-state index contributed by atoms with van der Waals surface area (Å²) in [6.45, 7) is 1.98. The van der Waals surface area contributed by atoms with Crippen molar-refractivity contribution < 1.29 is 13.6 Å². The maximum Gasteiger partial charge on any atom is 0.257 e. The molecule has 112 valence electrons. The third-order valence-corrected chi connectivity index (χ3v) is 4.10. The number of thiophene rings is 1. The van der Waals surface area contributed by atoms with Crippen molar-refractivity contribution in [1.29, 1.82) is 0 Å². The molecule has 3 N–H and O–H groups in total. The lowest BCUT2D eigenvalue weighted by Crippen LogP contribution is -2.29. The summed E-state index contributed by atoms with van der Waals surface area (Å²) < 4.78 is 27.6. The molecule has 1 heterocycles. The summed E-state index contributed by atoms with van der Waals surface area (Å²) in [5.74, 6) is -2.72. The number of amides is 1. The molecule has 0 saturated carbocycles. The lowest BCUT2D eigenvalue weighted by Gasteiger charge is -2.17. The zero-order chi connectivity index (χ0) is 15.4. The summed E-state index contributed by atoms with van der Waals surface area (Å²) in [5.41, 5.74) is 4.51. The fourth-order valence-electron chi connectivity index (χ4n) is 2.07. The SMILES string of the molecule is CCCC(NC(=O)c1c(F)ccc(N)c1F)c1cccs1. The Bertz CT molecular complexity index is 629. The van der Waals surface area contributed by atoms with Crippen molar-refractivity contribution in [2.24, 2.45) is 0 Å². The Hall–Kier alpha value is -1.95. The number of nitrogen functional groups attached to an aromatic ring is 1. The first kappa shape index (κ1) is 15.4. The fraction of sp³-hybridized carbons (Fsp3) is 0.267. The quantitative estimate of drug-likeness (QED) is 0.823. The van der Waals surface area contributed by atoms with E-state index in [1.807, 2.05) is 24.4 Å². The topological polar surface area (TPSA) is 55.1 Å². The van der Waals surface area contributed by atoms with Gasteiger partial charge in [-0.1, -0.05) is 19.4 Å². The van der Waals surface area contributed by atoms with Crippen LogP contribution in [0.15, 0.2) is 29.6 Å². The van der Waals surface area contributed by atoms with E-state index >= 15 is 0 Å².